The van der Waals surface area contributed by atoms with Gasteiger partial charge in [0.05, 0.1) is 0 Å². The molecule has 0 aliphatic carbocycles. The van der Waals surface area contributed by atoms with Gasteiger partial charge in [0.1, 0.15) is 5.75 Å². The predicted molar refractivity (Wildman–Crippen MR) is 181 cm³/mol. The topological polar surface area (TPSA) is 124 Å². The van der Waals surface area contributed by atoms with Crippen LogP contribution in [0.3, 0.4) is 0 Å². The van der Waals surface area contributed by atoms with E-state index in [9.17, 15) is 19.2 Å². The number of fused-ring (bicyclic) bond motifs is 1. The SMILES string of the molecule is Cc1cc(C[C@@H](OC(=O)N2CCC(N3CCc4ccccc4NC3=O)CC2)C(=O)N2CCC(N3CCNCC3)CC2)cc(C)c1OC=O. The van der Waals surface area contributed by atoms with E-state index < -0.39 is 12.2 Å². The molecule has 0 saturated carbocycles. The summed E-state index contributed by atoms with van der Waals surface area (Å²) >= 11 is 0. The Bertz CT molecular complexity index is 1460. The lowest BCUT2D eigenvalue weighted by atomic mass is 9.98. The first-order valence-electron chi connectivity index (χ1n) is 17.4. The van der Waals surface area contributed by atoms with Crippen molar-refractivity contribution in [3.63, 3.8) is 0 Å². The van der Waals surface area contributed by atoms with Gasteiger partial charge in [0.15, 0.2) is 6.10 Å². The molecule has 12 nitrogen and oxygen atoms in total. The molecule has 2 N–H and O–H groups in total. The number of piperazine rings is 1. The third kappa shape index (κ3) is 7.76. The molecule has 48 heavy (non-hydrogen) atoms. The molecule has 3 fully saturated rings. The number of nitrogens with zero attached hydrogens (tertiary/aromatic N) is 4. The van der Waals surface area contributed by atoms with Crippen LogP contribution >= 0.6 is 0 Å². The molecule has 4 aliphatic rings. The monoisotopic (exact) mass is 660 g/mol. The van der Waals surface area contributed by atoms with Crippen LogP contribution in [0.1, 0.15) is 47.9 Å². The van der Waals surface area contributed by atoms with Gasteiger partial charge >= 0.3 is 12.1 Å². The van der Waals surface area contributed by atoms with Crippen molar-refractivity contribution in [3.8, 4) is 5.75 Å². The summed E-state index contributed by atoms with van der Waals surface area (Å²) in [5, 5.41) is 6.45. The third-order valence-corrected chi connectivity index (χ3v) is 10.4. The van der Waals surface area contributed by atoms with Gasteiger partial charge in [0.25, 0.3) is 12.4 Å². The summed E-state index contributed by atoms with van der Waals surface area (Å²) in [6, 6.07) is 12.0. The number of ether oxygens (including phenoxy) is 2. The molecule has 4 aliphatic heterocycles. The average molecular weight is 661 g/mol. The molecule has 1 atom stereocenters. The van der Waals surface area contributed by atoms with E-state index in [1.807, 2.05) is 60.0 Å². The normalized spacial score (nSPS) is 20.4. The number of para-hydroxylation sites is 1. The number of amides is 4. The molecule has 4 heterocycles. The molecule has 0 unspecified atom stereocenters. The van der Waals surface area contributed by atoms with Crippen molar-refractivity contribution < 1.29 is 28.7 Å². The number of rotatable bonds is 8. The van der Waals surface area contributed by atoms with Crippen LogP contribution in [0.2, 0.25) is 0 Å². The van der Waals surface area contributed by atoms with E-state index in [1.165, 1.54) is 0 Å². The molecule has 0 bridgehead atoms. The van der Waals surface area contributed by atoms with E-state index >= 15 is 0 Å². The van der Waals surface area contributed by atoms with Crippen molar-refractivity contribution in [2.45, 2.75) is 70.6 Å². The van der Waals surface area contributed by atoms with Crippen molar-refractivity contribution in [1.82, 2.24) is 24.9 Å². The van der Waals surface area contributed by atoms with E-state index in [1.54, 1.807) is 4.90 Å². The van der Waals surface area contributed by atoms with Crippen LogP contribution in [0.15, 0.2) is 36.4 Å². The van der Waals surface area contributed by atoms with E-state index in [2.05, 4.69) is 15.5 Å². The average Bonchev–Trinajstić information content (AvgIpc) is 3.27. The van der Waals surface area contributed by atoms with E-state index in [0.717, 1.165) is 73.4 Å². The minimum Gasteiger partial charge on any atom is -0.436 e. The standard InChI is InChI=1S/C36H48N6O6/c1-25-21-27(22-26(2)33(25)47-24-43)23-32(34(44)40-14-8-29(9-15-40)39-19-12-37-13-20-39)48-36(46)41-16-10-30(11-17-41)42-18-7-28-5-3-4-6-31(28)38-35(42)45/h3-6,21-22,24,29-30,32,37H,7-20,23H2,1-2H3,(H,38,45)/t32-/m1/s1. The number of hydrogen-bond donors (Lipinski definition) is 2. The molecular formula is C36H48N6O6. The van der Waals surface area contributed by atoms with Crippen LogP contribution in [-0.4, -0.2) is 121 Å². The van der Waals surface area contributed by atoms with Crippen molar-refractivity contribution in [2.75, 3.05) is 64.2 Å². The fourth-order valence-corrected chi connectivity index (χ4v) is 7.78. The molecule has 4 amide bonds. The van der Waals surface area contributed by atoms with Gasteiger partial charge in [-0.3, -0.25) is 14.5 Å². The van der Waals surface area contributed by atoms with Gasteiger partial charge in [0.2, 0.25) is 0 Å². The van der Waals surface area contributed by atoms with Gasteiger partial charge in [-0.15, -0.1) is 0 Å². The number of carbonyl (C=O) groups is 4. The van der Waals surface area contributed by atoms with Crippen LogP contribution in [0.25, 0.3) is 0 Å². The summed E-state index contributed by atoms with van der Waals surface area (Å²) < 4.78 is 11.2. The number of likely N-dealkylation sites (tertiary alicyclic amines) is 2. The number of carbonyl (C=O) groups excluding carboxylic acids is 4. The van der Waals surface area contributed by atoms with E-state index in [-0.39, 0.29) is 24.4 Å². The van der Waals surface area contributed by atoms with Crippen LogP contribution in [-0.2, 0) is 27.2 Å². The molecule has 0 aromatic heterocycles. The summed E-state index contributed by atoms with van der Waals surface area (Å²) in [7, 11) is 0. The largest absolute Gasteiger partial charge is 0.436 e. The second-order valence-corrected chi connectivity index (χ2v) is 13.4. The molecule has 0 spiro atoms. The fraction of sp³-hybridized carbons (Fsp3) is 0.556. The maximum absolute atomic E-state index is 14.0. The van der Waals surface area contributed by atoms with E-state index in [0.29, 0.717) is 63.8 Å². The van der Waals surface area contributed by atoms with Crippen LogP contribution in [0.5, 0.6) is 5.75 Å². The summed E-state index contributed by atoms with van der Waals surface area (Å²) in [6.45, 7) is 10.9. The number of hydrogen-bond acceptors (Lipinski definition) is 8. The Morgan fingerprint density at radius 1 is 0.896 bits per heavy atom. The van der Waals surface area contributed by atoms with Gasteiger partial charge in [-0.1, -0.05) is 30.3 Å². The van der Waals surface area contributed by atoms with Crippen LogP contribution in [0.4, 0.5) is 15.3 Å². The highest BCUT2D eigenvalue weighted by Gasteiger charge is 2.36. The Morgan fingerprint density at radius 3 is 2.23 bits per heavy atom. The second kappa shape index (κ2) is 15.4. The predicted octanol–water partition coefficient (Wildman–Crippen LogP) is 3.34. The number of urea groups is 1. The Labute approximate surface area is 282 Å². The number of aryl methyl sites for hydroxylation is 2. The number of nitrogens with one attached hydrogen (secondary N) is 2. The summed E-state index contributed by atoms with van der Waals surface area (Å²) in [5.74, 6) is 0.315. The van der Waals surface area contributed by atoms with Crippen molar-refractivity contribution >= 4 is 30.2 Å². The highest BCUT2D eigenvalue weighted by molar-refractivity contribution is 5.91. The quantitative estimate of drug-likeness (QED) is 0.414. The van der Waals surface area contributed by atoms with Crippen molar-refractivity contribution in [1.29, 1.82) is 0 Å². The zero-order valence-corrected chi connectivity index (χ0v) is 28.1. The molecule has 12 heteroatoms. The first-order valence-corrected chi connectivity index (χ1v) is 17.4. The lowest BCUT2D eigenvalue weighted by Crippen LogP contribution is -2.54. The Hall–Kier alpha value is -4.16. The van der Waals surface area contributed by atoms with Gasteiger partial charge in [-0.2, -0.15) is 0 Å². The Balaban J connectivity index is 1.10. The van der Waals surface area contributed by atoms with Gasteiger partial charge in [-0.25, -0.2) is 9.59 Å². The molecule has 2 aromatic rings. The molecule has 2 aromatic carbocycles. The maximum Gasteiger partial charge on any atom is 0.410 e. The van der Waals surface area contributed by atoms with Crippen molar-refractivity contribution in [2.24, 2.45) is 0 Å². The van der Waals surface area contributed by atoms with Crippen molar-refractivity contribution in [3.05, 3.63) is 58.7 Å². The molecule has 6 rings (SSSR count). The molecule has 0 radical (unpaired) electrons. The zero-order chi connectivity index (χ0) is 33.6. The Kier molecular flexibility index (Phi) is 10.8. The molecule has 3 saturated heterocycles. The minimum absolute atomic E-state index is 0.0100. The third-order valence-electron chi connectivity index (χ3n) is 10.4. The maximum atomic E-state index is 14.0. The summed E-state index contributed by atoms with van der Waals surface area (Å²) in [6.07, 6.45) is 2.55. The zero-order valence-electron chi connectivity index (χ0n) is 28.1. The summed E-state index contributed by atoms with van der Waals surface area (Å²) in [5.41, 5.74) is 4.35. The van der Waals surface area contributed by atoms with Gasteiger partial charge in [-0.05, 0) is 74.3 Å². The van der Waals surface area contributed by atoms with Crippen LogP contribution < -0.4 is 15.4 Å². The number of anilines is 1. The minimum atomic E-state index is -0.988. The molecule has 258 valence electrons. The van der Waals surface area contributed by atoms with E-state index in [4.69, 9.17) is 9.47 Å². The number of piperidine rings is 2. The Morgan fingerprint density at radius 2 is 1.54 bits per heavy atom. The highest BCUT2D eigenvalue weighted by Crippen LogP contribution is 2.28. The first kappa shape index (κ1) is 33.7. The fourth-order valence-electron chi connectivity index (χ4n) is 7.78. The van der Waals surface area contributed by atoms with Gasteiger partial charge < -0.3 is 34.8 Å². The lowest BCUT2D eigenvalue weighted by molar-refractivity contribution is -0.142. The first-order chi connectivity index (χ1) is 23.3. The second-order valence-electron chi connectivity index (χ2n) is 13.4. The lowest BCUT2D eigenvalue weighted by Gasteiger charge is -2.41. The van der Waals surface area contributed by atoms with Gasteiger partial charge in [0, 0.05) is 83.1 Å². The van der Waals surface area contributed by atoms with Crippen LogP contribution in [0, 0.1) is 13.8 Å². The molecular weight excluding hydrogens is 612 g/mol. The number of benzene rings is 2. The summed E-state index contributed by atoms with van der Waals surface area (Å²) in [4.78, 5) is 59.7. The smallest absolute Gasteiger partial charge is 0.410 e. The highest BCUT2D eigenvalue weighted by atomic mass is 16.6.